The molecule has 10 heteroatoms. The summed E-state index contributed by atoms with van der Waals surface area (Å²) in [4.78, 5) is 45.9. The quantitative estimate of drug-likeness (QED) is 0.578. The highest BCUT2D eigenvalue weighted by Crippen LogP contribution is 2.53. The van der Waals surface area contributed by atoms with Crippen LogP contribution in [0, 0.1) is 17.2 Å². The second-order valence-corrected chi connectivity index (χ2v) is 11.1. The van der Waals surface area contributed by atoms with Gasteiger partial charge in [0.05, 0.1) is 23.9 Å². The topological polar surface area (TPSA) is 111 Å². The van der Waals surface area contributed by atoms with Crippen LogP contribution < -0.4 is 10.6 Å². The summed E-state index contributed by atoms with van der Waals surface area (Å²) in [5.41, 5.74) is 6.34. The summed E-state index contributed by atoms with van der Waals surface area (Å²) >= 11 is 12.4. The van der Waals surface area contributed by atoms with Crippen LogP contribution in [0.3, 0.4) is 0 Å². The number of urea groups is 1. The molecule has 1 spiro atoms. The predicted octanol–water partition coefficient (Wildman–Crippen LogP) is 3.80. The minimum Gasteiger partial charge on any atom is -0.326 e. The van der Waals surface area contributed by atoms with Crippen molar-refractivity contribution in [3.8, 4) is 6.07 Å². The van der Waals surface area contributed by atoms with Crippen LogP contribution in [0.4, 0.5) is 10.5 Å². The van der Waals surface area contributed by atoms with E-state index in [0.29, 0.717) is 28.6 Å². The second-order valence-electron chi connectivity index (χ2n) is 10.2. The molecule has 192 valence electrons. The van der Waals surface area contributed by atoms with Gasteiger partial charge in [-0.1, -0.05) is 35.3 Å². The first kappa shape index (κ1) is 25.7. The highest BCUT2D eigenvalue weighted by atomic mass is 35.5. The van der Waals surface area contributed by atoms with E-state index in [-0.39, 0.29) is 30.5 Å². The van der Waals surface area contributed by atoms with Crippen molar-refractivity contribution in [2.24, 2.45) is 11.7 Å². The Morgan fingerprint density at radius 1 is 1.16 bits per heavy atom. The monoisotopic (exact) mass is 539 g/mol. The van der Waals surface area contributed by atoms with Crippen molar-refractivity contribution in [1.82, 2.24) is 9.80 Å². The number of amides is 3. The summed E-state index contributed by atoms with van der Waals surface area (Å²) in [7, 11) is 1.61. The molecule has 0 aromatic heterocycles. The molecule has 2 saturated heterocycles. The molecule has 2 aromatic carbocycles. The largest absolute Gasteiger partial charge is 0.332 e. The Balaban J connectivity index is 1.53. The predicted molar refractivity (Wildman–Crippen MR) is 140 cm³/mol. The van der Waals surface area contributed by atoms with Gasteiger partial charge in [-0.05, 0) is 55.2 Å². The molecule has 37 heavy (non-hydrogen) atoms. The number of likely N-dealkylation sites (tertiary alicyclic amines) is 1. The Morgan fingerprint density at radius 3 is 2.43 bits per heavy atom. The normalized spacial score (nSPS) is 27.9. The van der Waals surface area contributed by atoms with Gasteiger partial charge in [0.2, 0.25) is 0 Å². The standard InChI is InChI=1S/C27H27Cl2N5O3/c1-32-26(37)34(22-10-19(28)9-20(29)11-22)25(36)27(32)12-18(24(35)15-33-7-6-21(31)14-33)8-23(27)17-4-2-16(13-30)3-5-17/h2-5,9-11,18,21,23H,6-8,12,14-15,31H2,1H3. The van der Waals surface area contributed by atoms with Crippen molar-refractivity contribution in [1.29, 1.82) is 5.26 Å². The molecule has 3 aliphatic rings. The van der Waals surface area contributed by atoms with Crippen molar-refractivity contribution in [2.75, 3.05) is 31.6 Å². The molecule has 3 amide bonds. The van der Waals surface area contributed by atoms with Crippen LogP contribution in [-0.4, -0.2) is 65.8 Å². The number of imide groups is 1. The SMILES string of the molecule is CN1C(=O)N(c2cc(Cl)cc(Cl)c2)C(=O)C12CC(C(=O)CN1CCC(N)C1)CC2c1ccc(C#N)cc1. The molecule has 2 heterocycles. The van der Waals surface area contributed by atoms with Gasteiger partial charge in [-0.3, -0.25) is 14.5 Å². The number of likely N-dealkylation sites (N-methyl/N-ethyl adjacent to an activating group) is 1. The van der Waals surface area contributed by atoms with Gasteiger partial charge in [0.15, 0.2) is 0 Å². The second kappa shape index (κ2) is 9.73. The van der Waals surface area contributed by atoms with Crippen LogP contribution >= 0.6 is 23.2 Å². The van der Waals surface area contributed by atoms with Crippen molar-refractivity contribution >= 4 is 46.6 Å². The van der Waals surface area contributed by atoms with Crippen molar-refractivity contribution in [2.45, 2.75) is 36.8 Å². The minimum atomic E-state index is -1.26. The molecule has 0 radical (unpaired) electrons. The third-order valence-electron chi connectivity index (χ3n) is 8.00. The van der Waals surface area contributed by atoms with E-state index < -0.39 is 29.3 Å². The lowest BCUT2D eigenvalue weighted by molar-refractivity contribution is -0.126. The fourth-order valence-corrected chi connectivity index (χ4v) is 6.65. The van der Waals surface area contributed by atoms with Crippen LogP contribution in [0.25, 0.3) is 0 Å². The molecule has 2 aromatic rings. The maximum absolute atomic E-state index is 14.2. The maximum atomic E-state index is 14.2. The molecule has 3 fully saturated rings. The van der Waals surface area contributed by atoms with E-state index in [2.05, 4.69) is 11.0 Å². The van der Waals surface area contributed by atoms with Gasteiger partial charge in [-0.2, -0.15) is 5.26 Å². The average molecular weight is 540 g/mol. The number of hydrogen-bond acceptors (Lipinski definition) is 6. The summed E-state index contributed by atoms with van der Waals surface area (Å²) in [6, 6.07) is 13.3. The van der Waals surface area contributed by atoms with Gasteiger partial charge in [0.25, 0.3) is 5.91 Å². The highest BCUT2D eigenvalue weighted by Gasteiger charge is 2.65. The zero-order chi connectivity index (χ0) is 26.5. The number of rotatable bonds is 5. The molecule has 0 bridgehead atoms. The summed E-state index contributed by atoms with van der Waals surface area (Å²) in [5.74, 6) is -1.22. The number of nitrogens with two attached hydrogens (primary N) is 1. The third kappa shape index (κ3) is 4.40. The molecule has 2 N–H and O–H groups in total. The van der Waals surface area contributed by atoms with Crippen LogP contribution in [0.15, 0.2) is 42.5 Å². The van der Waals surface area contributed by atoms with E-state index in [1.807, 2.05) is 12.1 Å². The van der Waals surface area contributed by atoms with Crippen molar-refractivity contribution in [3.63, 3.8) is 0 Å². The Labute approximate surface area is 225 Å². The molecular weight excluding hydrogens is 513 g/mol. The zero-order valence-corrected chi connectivity index (χ0v) is 21.9. The Morgan fingerprint density at radius 2 is 1.84 bits per heavy atom. The zero-order valence-electron chi connectivity index (χ0n) is 20.4. The highest BCUT2D eigenvalue weighted by molar-refractivity contribution is 6.35. The van der Waals surface area contributed by atoms with E-state index in [1.54, 1.807) is 19.2 Å². The van der Waals surface area contributed by atoms with Gasteiger partial charge in [-0.15, -0.1) is 0 Å². The molecule has 8 nitrogen and oxygen atoms in total. The number of ketones is 1. The lowest BCUT2D eigenvalue weighted by Gasteiger charge is -2.34. The molecular formula is C27H27Cl2N5O3. The van der Waals surface area contributed by atoms with Gasteiger partial charge in [0, 0.05) is 48.1 Å². The molecule has 4 atom stereocenters. The fraction of sp³-hybridized carbons (Fsp3) is 0.407. The lowest BCUT2D eigenvalue weighted by atomic mass is 9.80. The first-order chi connectivity index (χ1) is 17.6. The van der Waals surface area contributed by atoms with E-state index in [0.717, 1.165) is 23.4 Å². The maximum Gasteiger partial charge on any atom is 0.332 e. The van der Waals surface area contributed by atoms with Crippen molar-refractivity contribution in [3.05, 3.63) is 63.6 Å². The summed E-state index contributed by atoms with van der Waals surface area (Å²) in [5, 5.41) is 9.86. The fourth-order valence-electron chi connectivity index (χ4n) is 6.13. The molecule has 1 saturated carbocycles. The minimum absolute atomic E-state index is 0.0440. The summed E-state index contributed by atoms with van der Waals surface area (Å²) in [6.07, 6.45) is 1.48. The Hall–Kier alpha value is -2.96. The van der Waals surface area contributed by atoms with Crippen LogP contribution in [0.2, 0.25) is 10.0 Å². The number of carbonyl (C=O) groups is 3. The van der Waals surface area contributed by atoms with Crippen molar-refractivity contribution < 1.29 is 14.4 Å². The average Bonchev–Trinajstić information content (AvgIpc) is 3.51. The lowest BCUT2D eigenvalue weighted by Crippen LogP contribution is -2.50. The summed E-state index contributed by atoms with van der Waals surface area (Å²) in [6.45, 7) is 1.71. The van der Waals surface area contributed by atoms with Gasteiger partial charge in [0.1, 0.15) is 11.3 Å². The molecule has 1 aliphatic carbocycles. The van der Waals surface area contributed by atoms with E-state index in [9.17, 15) is 19.6 Å². The molecule has 5 rings (SSSR count). The van der Waals surface area contributed by atoms with Crippen LogP contribution in [0.5, 0.6) is 0 Å². The third-order valence-corrected chi connectivity index (χ3v) is 8.43. The Kier molecular flexibility index (Phi) is 6.75. The van der Waals surface area contributed by atoms with Gasteiger partial charge < -0.3 is 10.6 Å². The number of nitriles is 1. The van der Waals surface area contributed by atoms with Gasteiger partial charge >= 0.3 is 6.03 Å². The number of halogens is 2. The van der Waals surface area contributed by atoms with Crippen LogP contribution in [0.1, 0.15) is 36.3 Å². The number of carbonyl (C=O) groups excluding carboxylic acids is 3. The Bertz CT molecular complexity index is 1290. The first-order valence-electron chi connectivity index (χ1n) is 12.2. The number of nitrogens with zero attached hydrogens (tertiary/aromatic N) is 4. The van der Waals surface area contributed by atoms with E-state index in [4.69, 9.17) is 28.9 Å². The van der Waals surface area contributed by atoms with E-state index >= 15 is 0 Å². The molecule has 4 unspecified atom stereocenters. The number of Topliss-reactive ketones (excluding diaryl/α,β-unsaturated/α-hetero) is 1. The number of hydrogen-bond donors (Lipinski definition) is 1. The molecule has 2 aliphatic heterocycles. The number of benzene rings is 2. The van der Waals surface area contributed by atoms with Crippen LogP contribution in [-0.2, 0) is 9.59 Å². The van der Waals surface area contributed by atoms with E-state index in [1.165, 1.54) is 23.1 Å². The smallest absolute Gasteiger partial charge is 0.326 e. The number of anilines is 1. The van der Waals surface area contributed by atoms with Gasteiger partial charge in [-0.25, -0.2) is 9.69 Å². The first-order valence-corrected chi connectivity index (χ1v) is 13.0. The summed E-state index contributed by atoms with van der Waals surface area (Å²) < 4.78 is 0.